The van der Waals surface area contributed by atoms with Gasteiger partial charge in [-0.3, -0.25) is 4.89 Å². The van der Waals surface area contributed by atoms with Crippen LogP contribution in [-0.2, 0) is 9.78 Å². The van der Waals surface area contributed by atoms with Crippen molar-refractivity contribution in [3.8, 4) is 0 Å². The zero-order valence-electron chi connectivity index (χ0n) is 7.32. The van der Waals surface area contributed by atoms with Gasteiger partial charge in [0.25, 0.3) is 0 Å². The lowest BCUT2D eigenvalue weighted by Crippen LogP contribution is -2.05. The molecule has 0 aromatic heterocycles. The molecule has 0 unspecified atom stereocenters. The van der Waals surface area contributed by atoms with E-state index in [-0.39, 0.29) is 0 Å². The van der Waals surface area contributed by atoms with Gasteiger partial charge in [-0.1, -0.05) is 0 Å². The standard InChI is InChI=1S/C9H11NO3/c1-2-12-13-9(11)7-3-5-8(10)6-4-7/h3-6H,2,10H2,1H3. The van der Waals surface area contributed by atoms with Crippen LogP contribution in [0.1, 0.15) is 17.3 Å². The van der Waals surface area contributed by atoms with Crippen LogP contribution in [0.3, 0.4) is 0 Å². The van der Waals surface area contributed by atoms with E-state index in [2.05, 4.69) is 9.78 Å². The van der Waals surface area contributed by atoms with Crippen molar-refractivity contribution in [3.63, 3.8) is 0 Å². The van der Waals surface area contributed by atoms with Gasteiger partial charge in [-0.05, 0) is 31.2 Å². The molecule has 0 fully saturated rings. The molecule has 0 radical (unpaired) electrons. The van der Waals surface area contributed by atoms with E-state index in [1.807, 2.05) is 0 Å². The zero-order valence-corrected chi connectivity index (χ0v) is 7.32. The van der Waals surface area contributed by atoms with Crippen molar-refractivity contribution in [1.82, 2.24) is 0 Å². The molecule has 0 aliphatic carbocycles. The molecule has 0 amide bonds. The highest BCUT2D eigenvalue weighted by Crippen LogP contribution is 2.06. The number of carbonyl (C=O) groups excluding carboxylic acids is 1. The SMILES string of the molecule is CCOOC(=O)c1ccc(N)cc1. The van der Waals surface area contributed by atoms with Crippen molar-refractivity contribution < 1.29 is 14.6 Å². The van der Waals surface area contributed by atoms with E-state index < -0.39 is 5.97 Å². The summed E-state index contributed by atoms with van der Waals surface area (Å²) in [5.74, 6) is -0.512. The highest BCUT2D eigenvalue weighted by molar-refractivity contribution is 5.89. The summed E-state index contributed by atoms with van der Waals surface area (Å²) < 4.78 is 0. The number of anilines is 1. The number of benzene rings is 1. The fraction of sp³-hybridized carbons (Fsp3) is 0.222. The van der Waals surface area contributed by atoms with Crippen LogP contribution in [0.5, 0.6) is 0 Å². The summed E-state index contributed by atoms with van der Waals surface area (Å²) in [6.45, 7) is 2.07. The average molecular weight is 181 g/mol. The fourth-order valence-electron chi connectivity index (χ4n) is 0.780. The molecule has 13 heavy (non-hydrogen) atoms. The molecule has 2 N–H and O–H groups in total. The molecular weight excluding hydrogens is 170 g/mol. The van der Waals surface area contributed by atoms with E-state index in [0.29, 0.717) is 17.9 Å². The van der Waals surface area contributed by atoms with Crippen LogP contribution in [0.2, 0.25) is 0 Å². The van der Waals surface area contributed by atoms with Gasteiger partial charge in [0, 0.05) is 5.69 Å². The minimum Gasteiger partial charge on any atom is -0.399 e. The molecule has 0 bridgehead atoms. The summed E-state index contributed by atoms with van der Waals surface area (Å²) in [4.78, 5) is 20.1. The number of nitrogen functional groups attached to an aromatic ring is 1. The van der Waals surface area contributed by atoms with Gasteiger partial charge < -0.3 is 5.73 Å². The van der Waals surface area contributed by atoms with Gasteiger partial charge in [-0.25, -0.2) is 4.79 Å². The number of rotatable bonds is 3. The van der Waals surface area contributed by atoms with E-state index >= 15 is 0 Å². The minimum absolute atomic E-state index is 0.334. The zero-order chi connectivity index (χ0) is 9.68. The maximum Gasteiger partial charge on any atom is 0.373 e. The van der Waals surface area contributed by atoms with E-state index in [0.717, 1.165) is 0 Å². The van der Waals surface area contributed by atoms with Crippen molar-refractivity contribution in [1.29, 1.82) is 0 Å². The molecule has 0 heterocycles. The number of carbonyl (C=O) groups is 1. The van der Waals surface area contributed by atoms with Crippen LogP contribution in [0.15, 0.2) is 24.3 Å². The number of hydrogen-bond acceptors (Lipinski definition) is 4. The molecule has 0 atom stereocenters. The van der Waals surface area contributed by atoms with E-state index in [1.165, 1.54) is 0 Å². The summed E-state index contributed by atoms with van der Waals surface area (Å²) in [5, 5.41) is 0. The monoisotopic (exact) mass is 181 g/mol. The molecule has 0 spiro atoms. The molecule has 0 saturated heterocycles. The summed E-state index contributed by atoms with van der Waals surface area (Å²) in [5.41, 5.74) is 6.47. The fourth-order valence-corrected chi connectivity index (χ4v) is 0.780. The quantitative estimate of drug-likeness (QED) is 0.434. The Morgan fingerprint density at radius 1 is 1.38 bits per heavy atom. The van der Waals surface area contributed by atoms with Crippen molar-refractivity contribution in [3.05, 3.63) is 29.8 Å². The van der Waals surface area contributed by atoms with Gasteiger partial charge in [-0.2, -0.15) is 4.89 Å². The molecule has 70 valence electrons. The minimum atomic E-state index is -0.512. The van der Waals surface area contributed by atoms with Crippen LogP contribution in [0.4, 0.5) is 5.69 Å². The Balaban J connectivity index is 2.61. The second-order valence-electron chi connectivity index (χ2n) is 2.40. The van der Waals surface area contributed by atoms with Crippen LogP contribution < -0.4 is 5.73 Å². The molecule has 0 aliphatic heterocycles. The summed E-state index contributed by atoms with van der Waals surface area (Å²) in [6, 6.07) is 6.42. The third-order valence-corrected chi connectivity index (χ3v) is 1.40. The second-order valence-corrected chi connectivity index (χ2v) is 2.40. The maximum absolute atomic E-state index is 11.1. The lowest BCUT2D eigenvalue weighted by Gasteiger charge is -2.00. The molecular formula is C9H11NO3. The molecule has 1 aromatic rings. The first-order valence-electron chi connectivity index (χ1n) is 3.93. The largest absolute Gasteiger partial charge is 0.399 e. The molecule has 0 saturated carbocycles. The highest BCUT2D eigenvalue weighted by atomic mass is 17.2. The Labute approximate surface area is 76.2 Å². The van der Waals surface area contributed by atoms with Gasteiger partial charge in [0.2, 0.25) is 0 Å². The van der Waals surface area contributed by atoms with Crippen molar-refractivity contribution in [2.45, 2.75) is 6.92 Å². The summed E-state index contributed by atoms with van der Waals surface area (Å²) in [7, 11) is 0. The van der Waals surface area contributed by atoms with Gasteiger partial charge >= 0.3 is 5.97 Å². The number of nitrogens with two attached hydrogens (primary N) is 1. The topological polar surface area (TPSA) is 61.5 Å². The average Bonchev–Trinajstić information content (AvgIpc) is 2.15. The van der Waals surface area contributed by atoms with E-state index in [9.17, 15) is 4.79 Å². The Morgan fingerprint density at radius 3 is 2.54 bits per heavy atom. The van der Waals surface area contributed by atoms with Crippen LogP contribution in [-0.4, -0.2) is 12.6 Å². The van der Waals surface area contributed by atoms with Crippen LogP contribution in [0, 0.1) is 0 Å². The highest BCUT2D eigenvalue weighted by Gasteiger charge is 2.06. The Morgan fingerprint density at radius 2 is 2.00 bits per heavy atom. The van der Waals surface area contributed by atoms with E-state index in [4.69, 9.17) is 5.73 Å². The predicted molar refractivity (Wildman–Crippen MR) is 47.9 cm³/mol. The van der Waals surface area contributed by atoms with Crippen molar-refractivity contribution >= 4 is 11.7 Å². The molecule has 0 aliphatic rings. The first kappa shape index (κ1) is 9.54. The lowest BCUT2D eigenvalue weighted by atomic mass is 10.2. The van der Waals surface area contributed by atoms with Crippen molar-refractivity contribution in [2.75, 3.05) is 12.3 Å². The lowest BCUT2D eigenvalue weighted by molar-refractivity contribution is -0.236. The Hall–Kier alpha value is -1.55. The molecule has 1 aromatic carbocycles. The number of hydrogen-bond donors (Lipinski definition) is 1. The van der Waals surface area contributed by atoms with Crippen LogP contribution >= 0.6 is 0 Å². The summed E-state index contributed by atoms with van der Waals surface area (Å²) in [6.07, 6.45) is 0. The van der Waals surface area contributed by atoms with Gasteiger partial charge in [0.05, 0.1) is 12.2 Å². The van der Waals surface area contributed by atoms with Gasteiger partial charge in [-0.15, -0.1) is 0 Å². The smallest absolute Gasteiger partial charge is 0.373 e. The van der Waals surface area contributed by atoms with Gasteiger partial charge in [0.15, 0.2) is 0 Å². The predicted octanol–water partition coefficient (Wildman–Crippen LogP) is 1.38. The Bertz CT molecular complexity index is 281. The maximum atomic E-state index is 11.1. The first-order valence-corrected chi connectivity index (χ1v) is 3.93. The molecule has 1 rings (SSSR count). The Kier molecular flexibility index (Phi) is 3.28. The molecule has 4 heteroatoms. The van der Waals surface area contributed by atoms with E-state index in [1.54, 1.807) is 31.2 Å². The van der Waals surface area contributed by atoms with Crippen LogP contribution in [0.25, 0.3) is 0 Å². The third-order valence-electron chi connectivity index (χ3n) is 1.40. The first-order chi connectivity index (χ1) is 6.24. The molecule has 4 nitrogen and oxygen atoms in total. The normalized spacial score (nSPS) is 9.62. The summed E-state index contributed by atoms with van der Waals surface area (Å²) >= 11 is 0. The third kappa shape index (κ3) is 2.76. The second kappa shape index (κ2) is 4.47. The van der Waals surface area contributed by atoms with Gasteiger partial charge in [0.1, 0.15) is 0 Å². The van der Waals surface area contributed by atoms with Crippen molar-refractivity contribution in [2.24, 2.45) is 0 Å².